The molecule has 0 spiro atoms. The molecule has 0 aliphatic carbocycles. The van der Waals surface area contributed by atoms with Crippen molar-refractivity contribution in [2.45, 2.75) is 6.18 Å². The van der Waals surface area contributed by atoms with E-state index in [0.717, 1.165) is 12.3 Å². The van der Waals surface area contributed by atoms with Gasteiger partial charge in [-0.05, 0) is 0 Å². The van der Waals surface area contributed by atoms with Crippen LogP contribution in [0.1, 0.15) is 5.69 Å². The van der Waals surface area contributed by atoms with Gasteiger partial charge in [0.2, 0.25) is 0 Å². The van der Waals surface area contributed by atoms with Gasteiger partial charge in [-0.3, -0.25) is 10.1 Å². The molecule has 11 heavy (non-hydrogen) atoms. The van der Waals surface area contributed by atoms with Crippen LogP contribution < -0.4 is 0 Å². The van der Waals surface area contributed by atoms with E-state index in [1.54, 1.807) is 0 Å². The lowest BCUT2D eigenvalue weighted by Crippen LogP contribution is -2.06. The molecule has 1 heterocycles. The molecule has 5 heteroatoms. The zero-order valence-corrected chi connectivity index (χ0v) is 5.22. The van der Waals surface area contributed by atoms with E-state index in [2.05, 4.69) is 4.98 Å². The summed E-state index contributed by atoms with van der Waals surface area (Å²) in [5.41, 5.74) is -1.15. The van der Waals surface area contributed by atoms with Crippen LogP contribution in [0.4, 0.5) is 13.2 Å². The van der Waals surface area contributed by atoms with E-state index in [9.17, 15) is 18.3 Å². The Morgan fingerprint density at radius 3 is 2.36 bits per heavy atom. The third-order valence-electron chi connectivity index (χ3n) is 1.02. The smallest absolute Gasteiger partial charge is 0.290 e. The number of hydrogen-bond acceptors (Lipinski definition) is 1. The number of rotatable bonds is 0. The van der Waals surface area contributed by atoms with Gasteiger partial charge in [-0.1, -0.05) is 0 Å². The molecular weight excluding hydrogens is 159 g/mol. The Morgan fingerprint density at radius 1 is 1.36 bits per heavy atom. The van der Waals surface area contributed by atoms with Crippen molar-refractivity contribution in [1.29, 1.82) is 0 Å². The van der Waals surface area contributed by atoms with Gasteiger partial charge in [0.15, 0.2) is 5.75 Å². The standard InChI is InChI=1S/C6H3F3NO/c7-6(8,9)5-3-4(11)1-2-10-5/h1-3H. The van der Waals surface area contributed by atoms with Gasteiger partial charge in [0, 0.05) is 18.3 Å². The quantitative estimate of drug-likeness (QED) is 0.575. The molecule has 0 aliphatic rings. The van der Waals surface area contributed by atoms with Crippen molar-refractivity contribution >= 4 is 0 Å². The summed E-state index contributed by atoms with van der Waals surface area (Å²) in [5.74, 6) is -0.688. The Labute approximate surface area is 60.3 Å². The molecule has 2 nitrogen and oxygen atoms in total. The first kappa shape index (κ1) is 7.84. The first-order valence-electron chi connectivity index (χ1n) is 2.70. The molecular formula is C6H3F3NO. The molecule has 0 unspecified atom stereocenters. The molecule has 0 amide bonds. The third-order valence-corrected chi connectivity index (χ3v) is 1.02. The van der Waals surface area contributed by atoms with Crippen molar-refractivity contribution in [3.8, 4) is 5.75 Å². The van der Waals surface area contributed by atoms with Crippen molar-refractivity contribution in [3.63, 3.8) is 0 Å². The molecule has 1 radical (unpaired) electrons. The van der Waals surface area contributed by atoms with Gasteiger partial charge in [-0.2, -0.15) is 13.2 Å². The van der Waals surface area contributed by atoms with Crippen molar-refractivity contribution in [1.82, 2.24) is 4.98 Å². The van der Waals surface area contributed by atoms with E-state index < -0.39 is 17.6 Å². The first-order valence-corrected chi connectivity index (χ1v) is 2.70. The Bertz CT molecular complexity index is 258. The average Bonchev–Trinajstić information content (AvgIpc) is 1.86. The fraction of sp³-hybridized carbons (Fsp3) is 0.167. The molecule has 59 valence electrons. The normalized spacial score (nSPS) is 11.5. The lowest BCUT2D eigenvalue weighted by atomic mass is 10.3. The molecule has 0 saturated heterocycles. The van der Waals surface area contributed by atoms with Crippen molar-refractivity contribution < 1.29 is 18.3 Å². The molecule has 0 atom stereocenters. The van der Waals surface area contributed by atoms with Gasteiger partial charge in [-0.15, -0.1) is 0 Å². The summed E-state index contributed by atoms with van der Waals surface area (Å²) in [6, 6.07) is 1.43. The van der Waals surface area contributed by atoms with Gasteiger partial charge >= 0.3 is 6.18 Å². The van der Waals surface area contributed by atoms with Crippen LogP contribution in [0.15, 0.2) is 18.3 Å². The van der Waals surface area contributed by atoms with Crippen LogP contribution in [-0.2, 0) is 11.3 Å². The zero-order valence-electron chi connectivity index (χ0n) is 5.22. The van der Waals surface area contributed by atoms with Crippen molar-refractivity contribution in [2.24, 2.45) is 0 Å². The highest BCUT2D eigenvalue weighted by atomic mass is 19.4. The highest BCUT2D eigenvalue weighted by molar-refractivity contribution is 5.21. The minimum absolute atomic E-state index is 0.458. The van der Waals surface area contributed by atoms with E-state index in [1.807, 2.05) is 0 Å². The number of nitrogens with zero attached hydrogens (tertiary/aromatic N) is 1. The number of halogens is 3. The maximum Gasteiger partial charge on any atom is 0.433 e. The predicted octanol–water partition coefficient (Wildman–Crippen LogP) is 2.24. The molecule has 1 rings (SSSR count). The van der Waals surface area contributed by atoms with Crippen LogP contribution in [0.3, 0.4) is 0 Å². The predicted molar refractivity (Wildman–Crippen MR) is 29.4 cm³/mol. The van der Waals surface area contributed by atoms with E-state index in [4.69, 9.17) is 0 Å². The van der Waals surface area contributed by atoms with Crippen LogP contribution in [0.25, 0.3) is 0 Å². The molecule has 0 aliphatic heterocycles. The highest BCUT2D eigenvalue weighted by Gasteiger charge is 2.32. The van der Waals surface area contributed by atoms with E-state index in [-0.39, 0.29) is 0 Å². The zero-order chi connectivity index (χ0) is 8.48. The maximum absolute atomic E-state index is 11.8. The average molecular weight is 162 g/mol. The van der Waals surface area contributed by atoms with Crippen LogP contribution in [0.2, 0.25) is 0 Å². The summed E-state index contributed by atoms with van der Waals surface area (Å²) < 4.78 is 35.3. The number of alkyl halides is 3. The Hall–Kier alpha value is -1.26. The van der Waals surface area contributed by atoms with Gasteiger partial charge in [0.25, 0.3) is 0 Å². The summed E-state index contributed by atoms with van der Waals surface area (Å²) >= 11 is 0. The lowest BCUT2D eigenvalue weighted by Gasteiger charge is -2.03. The molecule has 0 fully saturated rings. The largest absolute Gasteiger partial charge is 0.433 e. The van der Waals surface area contributed by atoms with Gasteiger partial charge < -0.3 is 0 Å². The van der Waals surface area contributed by atoms with Crippen LogP contribution >= 0.6 is 0 Å². The second-order valence-corrected chi connectivity index (χ2v) is 1.87. The number of aromatic nitrogens is 1. The second kappa shape index (κ2) is 2.41. The van der Waals surface area contributed by atoms with Crippen LogP contribution in [-0.4, -0.2) is 4.98 Å². The maximum atomic E-state index is 11.8. The summed E-state index contributed by atoms with van der Waals surface area (Å²) in [6.45, 7) is 0. The van der Waals surface area contributed by atoms with E-state index in [0.29, 0.717) is 6.07 Å². The molecule has 0 aromatic carbocycles. The Morgan fingerprint density at radius 2 is 2.00 bits per heavy atom. The van der Waals surface area contributed by atoms with Crippen molar-refractivity contribution in [3.05, 3.63) is 24.0 Å². The molecule has 0 saturated carbocycles. The van der Waals surface area contributed by atoms with Crippen LogP contribution in [0.5, 0.6) is 5.75 Å². The number of pyridine rings is 1. The topological polar surface area (TPSA) is 32.8 Å². The second-order valence-electron chi connectivity index (χ2n) is 1.87. The SMILES string of the molecule is [O]c1ccnc(C(F)(F)F)c1. The summed E-state index contributed by atoms with van der Waals surface area (Å²) in [7, 11) is 0. The van der Waals surface area contributed by atoms with Gasteiger partial charge in [0.1, 0.15) is 5.69 Å². The first-order chi connectivity index (χ1) is 5.00. The third kappa shape index (κ3) is 1.83. The summed E-state index contributed by atoms with van der Waals surface area (Å²) in [5, 5.41) is 10.4. The molecule has 1 aromatic rings. The minimum atomic E-state index is -4.53. The van der Waals surface area contributed by atoms with Crippen LogP contribution in [0, 0.1) is 0 Å². The van der Waals surface area contributed by atoms with Gasteiger partial charge in [-0.25, -0.2) is 0 Å². The molecule has 1 aromatic heterocycles. The number of hydrogen-bond donors (Lipinski definition) is 0. The highest BCUT2D eigenvalue weighted by Crippen LogP contribution is 2.28. The minimum Gasteiger partial charge on any atom is -0.290 e. The summed E-state index contributed by atoms with van der Waals surface area (Å²) in [4.78, 5) is 2.99. The fourth-order valence-corrected chi connectivity index (χ4v) is 0.566. The lowest BCUT2D eigenvalue weighted by molar-refractivity contribution is -0.141. The monoisotopic (exact) mass is 162 g/mol. The fourth-order valence-electron chi connectivity index (χ4n) is 0.566. The summed E-state index contributed by atoms with van der Waals surface area (Å²) in [6.07, 6.45) is -3.69. The molecule has 0 bridgehead atoms. The van der Waals surface area contributed by atoms with E-state index in [1.165, 1.54) is 0 Å². The van der Waals surface area contributed by atoms with E-state index >= 15 is 0 Å². The van der Waals surface area contributed by atoms with Gasteiger partial charge in [0.05, 0.1) is 0 Å². The Kier molecular flexibility index (Phi) is 1.72. The molecule has 0 N–H and O–H groups in total. The Balaban J connectivity index is 3.06. The van der Waals surface area contributed by atoms with Crippen molar-refractivity contribution in [2.75, 3.05) is 0 Å².